The van der Waals surface area contributed by atoms with Crippen LogP contribution in [0.1, 0.15) is 28.9 Å². The van der Waals surface area contributed by atoms with Gasteiger partial charge < -0.3 is 15.9 Å². The Morgan fingerprint density at radius 1 is 1.38 bits per heavy atom. The lowest BCUT2D eigenvalue weighted by atomic mass is 10.0. The van der Waals surface area contributed by atoms with Gasteiger partial charge in [-0.1, -0.05) is 11.8 Å². The van der Waals surface area contributed by atoms with Gasteiger partial charge >= 0.3 is 0 Å². The molecule has 0 radical (unpaired) electrons. The topological polar surface area (TPSA) is 144 Å². The molecule has 1 aromatic carbocycles. The van der Waals surface area contributed by atoms with Crippen LogP contribution in [0.15, 0.2) is 18.2 Å². The van der Waals surface area contributed by atoms with Crippen LogP contribution in [0.5, 0.6) is 0 Å². The summed E-state index contributed by atoms with van der Waals surface area (Å²) in [5, 5.41) is 30.3. The van der Waals surface area contributed by atoms with Gasteiger partial charge in [-0.3, -0.25) is 19.7 Å². The van der Waals surface area contributed by atoms with Crippen LogP contribution in [0.25, 0.3) is 0 Å². The number of non-ortho nitro benzene ring substituents is 1. The van der Waals surface area contributed by atoms with Crippen LogP contribution in [0, 0.1) is 10.1 Å². The zero-order valence-corrected chi connectivity index (χ0v) is 11.9. The maximum Gasteiger partial charge on any atom is 0.270 e. The molecule has 1 amide bonds. The first kappa shape index (κ1) is 17.1. The predicted molar refractivity (Wildman–Crippen MR) is 75.7 cm³/mol. The molecule has 1 aromatic rings. The smallest absolute Gasteiger partial charge is 0.270 e. The molecule has 21 heavy (non-hydrogen) atoms. The van der Waals surface area contributed by atoms with E-state index in [2.05, 4.69) is 0 Å². The van der Waals surface area contributed by atoms with Crippen molar-refractivity contribution in [1.29, 1.82) is 0 Å². The number of hydrogen-bond acceptors (Lipinski definition) is 7. The van der Waals surface area contributed by atoms with Crippen molar-refractivity contribution in [1.82, 2.24) is 0 Å². The Bertz CT molecular complexity index is 545. The fraction of sp³-hybridized carbons (Fsp3) is 0.333. The second-order valence-corrected chi connectivity index (χ2v) is 5.45. The quantitative estimate of drug-likeness (QED) is 0.508. The third-order valence-corrected chi connectivity index (χ3v) is 3.51. The zero-order chi connectivity index (χ0) is 16.2. The summed E-state index contributed by atoms with van der Waals surface area (Å²) in [4.78, 5) is 32.0. The van der Waals surface area contributed by atoms with Crippen LogP contribution < -0.4 is 5.73 Å². The number of aliphatic hydroxyl groups is 2. The molecule has 0 aromatic heterocycles. The van der Waals surface area contributed by atoms with E-state index >= 15 is 0 Å². The number of aliphatic hydroxyl groups excluding tert-OH is 2. The highest BCUT2D eigenvalue weighted by Crippen LogP contribution is 2.25. The average Bonchev–Trinajstić information content (AvgIpc) is 2.43. The van der Waals surface area contributed by atoms with E-state index in [4.69, 9.17) is 5.73 Å². The van der Waals surface area contributed by atoms with Gasteiger partial charge in [-0.15, -0.1) is 0 Å². The van der Waals surface area contributed by atoms with Crippen LogP contribution in [0.3, 0.4) is 0 Å². The molecule has 0 aliphatic carbocycles. The van der Waals surface area contributed by atoms with Crippen molar-refractivity contribution in [3.8, 4) is 0 Å². The maximum atomic E-state index is 11.1. The fourth-order valence-electron chi connectivity index (χ4n) is 1.57. The highest BCUT2D eigenvalue weighted by molar-refractivity contribution is 8.13. The van der Waals surface area contributed by atoms with Crippen LogP contribution >= 0.6 is 11.8 Å². The minimum atomic E-state index is -1.48. The Morgan fingerprint density at radius 2 is 2.00 bits per heavy atom. The van der Waals surface area contributed by atoms with Gasteiger partial charge in [0.1, 0.15) is 6.10 Å². The van der Waals surface area contributed by atoms with E-state index in [9.17, 15) is 29.9 Å². The molecular weight excluding hydrogens is 300 g/mol. The SMILES string of the molecule is CC(=O)SCC(O)C(O)c1cc(C(N)=O)cc([N+](=O)[O-])c1. The van der Waals surface area contributed by atoms with Gasteiger partial charge in [-0.05, 0) is 11.6 Å². The van der Waals surface area contributed by atoms with Crippen molar-refractivity contribution in [3.05, 3.63) is 39.4 Å². The Labute approximate surface area is 124 Å². The van der Waals surface area contributed by atoms with E-state index in [0.717, 1.165) is 23.9 Å². The highest BCUT2D eigenvalue weighted by Gasteiger charge is 2.23. The van der Waals surface area contributed by atoms with Crippen molar-refractivity contribution < 1.29 is 24.7 Å². The van der Waals surface area contributed by atoms with Crippen LogP contribution in [0.2, 0.25) is 0 Å². The summed E-state index contributed by atoms with van der Waals surface area (Å²) in [7, 11) is 0. The Morgan fingerprint density at radius 3 is 2.48 bits per heavy atom. The number of hydrogen-bond donors (Lipinski definition) is 3. The molecule has 2 atom stereocenters. The average molecular weight is 314 g/mol. The number of nitrogens with two attached hydrogens (primary N) is 1. The summed E-state index contributed by atoms with van der Waals surface area (Å²) in [5.41, 5.74) is 4.48. The van der Waals surface area contributed by atoms with Crippen LogP contribution in [-0.2, 0) is 4.79 Å². The second-order valence-electron chi connectivity index (χ2n) is 4.25. The van der Waals surface area contributed by atoms with E-state index < -0.39 is 28.7 Å². The summed E-state index contributed by atoms with van der Waals surface area (Å²) in [6.07, 6.45) is -2.79. The van der Waals surface area contributed by atoms with Crippen LogP contribution in [-0.4, -0.2) is 38.0 Å². The van der Waals surface area contributed by atoms with Gasteiger partial charge in [-0.25, -0.2) is 0 Å². The van der Waals surface area contributed by atoms with E-state index in [-0.39, 0.29) is 22.0 Å². The number of carbonyl (C=O) groups is 2. The third-order valence-electron chi connectivity index (χ3n) is 2.60. The number of nitrogens with zero attached hydrogens (tertiary/aromatic N) is 1. The molecule has 114 valence electrons. The number of nitro groups is 1. The molecule has 1 rings (SSSR count). The normalized spacial score (nSPS) is 13.5. The molecule has 0 heterocycles. The van der Waals surface area contributed by atoms with Crippen molar-refractivity contribution in [2.75, 3.05) is 5.75 Å². The first-order chi connectivity index (χ1) is 9.72. The van der Waals surface area contributed by atoms with E-state index in [1.54, 1.807) is 0 Å². The molecule has 0 fully saturated rings. The van der Waals surface area contributed by atoms with Crippen molar-refractivity contribution >= 4 is 28.5 Å². The van der Waals surface area contributed by atoms with E-state index in [1.807, 2.05) is 0 Å². The number of nitro benzene ring substituents is 1. The molecule has 0 aliphatic heterocycles. The van der Waals surface area contributed by atoms with Gasteiger partial charge in [0.15, 0.2) is 5.12 Å². The lowest BCUT2D eigenvalue weighted by Crippen LogP contribution is -2.22. The molecule has 2 unspecified atom stereocenters. The molecule has 0 aliphatic rings. The number of primary amides is 1. The maximum absolute atomic E-state index is 11.1. The first-order valence-corrected chi connectivity index (χ1v) is 6.79. The van der Waals surface area contributed by atoms with Gasteiger partial charge in [0.25, 0.3) is 5.69 Å². The monoisotopic (exact) mass is 314 g/mol. The molecule has 0 saturated carbocycles. The summed E-state index contributed by atoms with van der Waals surface area (Å²) in [6.45, 7) is 1.31. The Kier molecular flexibility index (Phi) is 5.82. The van der Waals surface area contributed by atoms with Gasteiger partial charge in [0, 0.05) is 30.4 Å². The summed E-state index contributed by atoms with van der Waals surface area (Å²) in [5.74, 6) is -0.967. The summed E-state index contributed by atoms with van der Waals surface area (Å²) >= 11 is 0.809. The molecule has 9 heteroatoms. The molecule has 0 saturated heterocycles. The number of amides is 1. The van der Waals surface area contributed by atoms with Gasteiger partial charge in [0.05, 0.1) is 11.0 Å². The lowest BCUT2D eigenvalue weighted by molar-refractivity contribution is -0.385. The fourth-order valence-corrected chi connectivity index (χ4v) is 2.16. The van der Waals surface area contributed by atoms with E-state index in [0.29, 0.717) is 0 Å². The molecule has 0 bridgehead atoms. The van der Waals surface area contributed by atoms with Crippen molar-refractivity contribution in [2.45, 2.75) is 19.1 Å². The standard InChI is InChI=1S/C12H14N2O6S/c1-6(15)21-5-10(16)11(17)7-2-8(12(13)18)4-9(3-7)14(19)20/h2-4,10-11,16-17H,5H2,1H3,(H2,13,18). The van der Waals surface area contributed by atoms with Crippen molar-refractivity contribution in [2.24, 2.45) is 5.73 Å². The van der Waals surface area contributed by atoms with E-state index in [1.165, 1.54) is 13.0 Å². The van der Waals surface area contributed by atoms with Crippen molar-refractivity contribution in [3.63, 3.8) is 0 Å². The minimum absolute atomic E-state index is 0.0188. The lowest BCUT2D eigenvalue weighted by Gasteiger charge is -2.17. The molecule has 4 N–H and O–H groups in total. The summed E-state index contributed by atoms with van der Waals surface area (Å²) in [6, 6.07) is 3.19. The number of benzene rings is 1. The second kappa shape index (κ2) is 7.16. The zero-order valence-electron chi connectivity index (χ0n) is 11.1. The largest absolute Gasteiger partial charge is 0.389 e. The number of thioether (sulfide) groups is 1. The number of carbonyl (C=O) groups excluding carboxylic acids is 2. The van der Waals surface area contributed by atoms with Gasteiger partial charge in [-0.2, -0.15) is 0 Å². The molecule has 0 spiro atoms. The summed E-state index contributed by atoms with van der Waals surface area (Å²) < 4.78 is 0. The Hall–Kier alpha value is -1.97. The molecule has 8 nitrogen and oxygen atoms in total. The predicted octanol–water partition coefficient (Wildman–Crippen LogP) is 0.368. The Balaban J connectivity index is 3.07. The highest BCUT2D eigenvalue weighted by atomic mass is 32.2. The number of rotatable bonds is 6. The first-order valence-electron chi connectivity index (χ1n) is 5.81. The minimum Gasteiger partial charge on any atom is -0.389 e. The molecular formula is C12H14N2O6S. The van der Waals surface area contributed by atoms with Crippen LogP contribution in [0.4, 0.5) is 5.69 Å². The van der Waals surface area contributed by atoms with Gasteiger partial charge in [0.2, 0.25) is 5.91 Å². The third kappa shape index (κ3) is 4.81.